The second-order valence-electron chi connectivity index (χ2n) is 4.15. The topological polar surface area (TPSA) is 63.2 Å². The number of hydrogen-bond acceptors (Lipinski definition) is 4. The maximum Gasteiger partial charge on any atom is 0.261 e. The van der Waals surface area contributed by atoms with E-state index in [9.17, 15) is 4.79 Å². The Morgan fingerprint density at radius 2 is 2.18 bits per heavy atom. The van der Waals surface area contributed by atoms with Crippen LogP contribution in [0, 0.1) is 0 Å². The van der Waals surface area contributed by atoms with E-state index in [4.69, 9.17) is 4.74 Å². The number of H-pyrrole nitrogens is 1. The number of nitrogens with zero attached hydrogens (tertiary/aromatic N) is 3. The number of hydrogen-bond donors (Lipinski definition) is 1. The molecule has 0 unspecified atom stereocenters. The summed E-state index contributed by atoms with van der Waals surface area (Å²) in [6, 6.07) is 1.78. The molecule has 0 amide bonds. The van der Waals surface area contributed by atoms with E-state index in [0.717, 1.165) is 18.7 Å². The first-order chi connectivity index (χ1) is 8.25. The summed E-state index contributed by atoms with van der Waals surface area (Å²) in [5.41, 5.74) is 0.632. The summed E-state index contributed by atoms with van der Waals surface area (Å²) in [5, 5.41) is 0.629. The quantitative estimate of drug-likeness (QED) is 0.760. The van der Waals surface area contributed by atoms with Crippen molar-refractivity contribution in [3.8, 4) is 0 Å². The van der Waals surface area contributed by atoms with Crippen LogP contribution in [0.25, 0.3) is 11.0 Å². The van der Waals surface area contributed by atoms with Gasteiger partial charge in [-0.2, -0.15) is 4.98 Å². The van der Waals surface area contributed by atoms with Gasteiger partial charge in [0.15, 0.2) is 0 Å². The average Bonchev–Trinajstić information content (AvgIpc) is 2.73. The van der Waals surface area contributed by atoms with Gasteiger partial charge in [-0.3, -0.25) is 9.78 Å². The Hall–Kier alpha value is -1.82. The molecule has 6 nitrogen and oxygen atoms in total. The van der Waals surface area contributed by atoms with Crippen molar-refractivity contribution in [2.75, 3.05) is 31.2 Å². The van der Waals surface area contributed by atoms with Crippen LogP contribution in [0.15, 0.2) is 17.1 Å². The monoisotopic (exact) mass is 234 g/mol. The van der Waals surface area contributed by atoms with Crippen LogP contribution in [0.3, 0.4) is 0 Å². The number of rotatable bonds is 1. The van der Waals surface area contributed by atoms with Crippen LogP contribution >= 0.6 is 0 Å². The standard InChI is InChI=1S/C11H14N4O2/c1-14-3-2-8-9(14)12-11(13-10(8)16)15-4-6-17-7-5-15/h2-3H,4-7H2,1H3,(H,12,13,16). The fourth-order valence-electron chi connectivity index (χ4n) is 2.06. The van der Waals surface area contributed by atoms with Gasteiger partial charge in [-0.15, -0.1) is 0 Å². The maximum absolute atomic E-state index is 11.9. The van der Waals surface area contributed by atoms with Crippen LogP contribution in [-0.2, 0) is 11.8 Å². The molecule has 1 N–H and O–H groups in total. The molecule has 2 aromatic heterocycles. The van der Waals surface area contributed by atoms with E-state index in [2.05, 4.69) is 9.97 Å². The maximum atomic E-state index is 11.9. The van der Waals surface area contributed by atoms with Crippen LogP contribution in [0.4, 0.5) is 5.95 Å². The van der Waals surface area contributed by atoms with Crippen LogP contribution < -0.4 is 10.5 Å². The van der Waals surface area contributed by atoms with Crippen LogP contribution in [0.1, 0.15) is 0 Å². The molecule has 0 spiro atoms. The van der Waals surface area contributed by atoms with Crippen molar-refractivity contribution < 1.29 is 4.74 Å². The minimum Gasteiger partial charge on any atom is -0.378 e. The highest BCUT2D eigenvalue weighted by Gasteiger charge is 2.15. The van der Waals surface area contributed by atoms with Gasteiger partial charge in [0.2, 0.25) is 5.95 Å². The Morgan fingerprint density at radius 3 is 2.94 bits per heavy atom. The molecule has 0 bridgehead atoms. The number of nitrogens with one attached hydrogen (secondary N) is 1. The van der Waals surface area contributed by atoms with Crippen LogP contribution in [-0.4, -0.2) is 40.8 Å². The molecule has 17 heavy (non-hydrogen) atoms. The molecule has 1 aliphatic heterocycles. The molecule has 2 aromatic rings. The number of fused-ring (bicyclic) bond motifs is 1. The highest BCUT2D eigenvalue weighted by atomic mass is 16.5. The number of aromatic nitrogens is 3. The summed E-state index contributed by atoms with van der Waals surface area (Å²) < 4.78 is 7.14. The smallest absolute Gasteiger partial charge is 0.261 e. The summed E-state index contributed by atoms with van der Waals surface area (Å²) in [6.45, 7) is 2.88. The highest BCUT2D eigenvalue weighted by Crippen LogP contribution is 2.13. The molecular weight excluding hydrogens is 220 g/mol. The first-order valence-corrected chi connectivity index (χ1v) is 5.64. The molecule has 0 aliphatic carbocycles. The number of anilines is 1. The third kappa shape index (κ3) is 1.70. The van der Waals surface area contributed by atoms with Gasteiger partial charge >= 0.3 is 0 Å². The van der Waals surface area contributed by atoms with E-state index in [1.54, 1.807) is 6.07 Å². The molecule has 0 radical (unpaired) electrons. The summed E-state index contributed by atoms with van der Waals surface area (Å²) in [5.74, 6) is 0.632. The summed E-state index contributed by atoms with van der Waals surface area (Å²) in [7, 11) is 1.89. The van der Waals surface area contributed by atoms with Crippen molar-refractivity contribution >= 4 is 17.0 Å². The van der Waals surface area contributed by atoms with E-state index < -0.39 is 0 Å². The van der Waals surface area contributed by atoms with Crippen molar-refractivity contribution in [1.82, 2.24) is 14.5 Å². The zero-order valence-corrected chi connectivity index (χ0v) is 9.64. The van der Waals surface area contributed by atoms with E-state index >= 15 is 0 Å². The molecule has 6 heteroatoms. The minimum atomic E-state index is -0.0860. The first-order valence-electron chi connectivity index (χ1n) is 5.64. The molecule has 0 atom stereocenters. The Balaban J connectivity index is 2.10. The Bertz CT molecular complexity index is 595. The van der Waals surface area contributed by atoms with Gasteiger partial charge in [-0.05, 0) is 6.07 Å². The van der Waals surface area contributed by atoms with E-state index in [0.29, 0.717) is 24.5 Å². The SMILES string of the molecule is Cn1ccc2c(=O)[nH]c(N3CCOCC3)nc21. The zero-order chi connectivity index (χ0) is 11.8. The highest BCUT2D eigenvalue weighted by molar-refractivity contribution is 5.76. The van der Waals surface area contributed by atoms with Crippen molar-refractivity contribution in [3.05, 3.63) is 22.6 Å². The fourth-order valence-corrected chi connectivity index (χ4v) is 2.06. The molecule has 3 heterocycles. The van der Waals surface area contributed by atoms with Crippen molar-refractivity contribution in [3.63, 3.8) is 0 Å². The number of aromatic amines is 1. The molecule has 3 rings (SSSR count). The van der Waals surface area contributed by atoms with Gasteiger partial charge in [-0.25, -0.2) is 0 Å². The second-order valence-corrected chi connectivity index (χ2v) is 4.15. The lowest BCUT2D eigenvalue weighted by Gasteiger charge is -2.27. The minimum absolute atomic E-state index is 0.0860. The summed E-state index contributed by atoms with van der Waals surface area (Å²) in [6.07, 6.45) is 1.84. The Kier molecular flexibility index (Phi) is 2.36. The number of morpholine rings is 1. The average molecular weight is 234 g/mol. The van der Waals surface area contributed by atoms with Gasteiger partial charge < -0.3 is 14.2 Å². The van der Waals surface area contributed by atoms with Crippen molar-refractivity contribution in [2.45, 2.75) is 0 Å². The lowest BCUT2D eigenvalue weighted by atomic mass is 10.4. The summed E-state index contributed by atoms with van der Waals surface area (Å²) in [4.78, 5) is 21.2. The Labute approximate surface area is 97.8 Å². The predicted molar refractivity (Wildman–Crippen MR) is 64.4 cm³/mol. The molecule has 90 valence electrons. The molecular formula is C11H14N4O2. The van der Waals surface area contributed by atoms with E-state index in [1.165, 1.54) is 0 Å². The van der Waals surface area contributed by atoms with Gasteiger partial charge in [-0.1, -0.05) is 0 Å². The van der Waals surface area contributed by atoms with Gasteiger partial charge in [0.05, 0.1) is 18.6 Å². The van der Waals surface area contributed by atoms with E-state index in [-0.39, 0.29) is 5.56 Å². The van der Waals surface area contributed by atoms with Crippen molar-refractivity contribution in [2.24, 2.45) is 7.05 Å². The molecule has 0 saturated carbocycles. The lowest BCUT2D eigenvalue weighted by molar-refractivity contribution is 0.122. The summed E-state index contributed by atoms with van der Waals surface area (Å²) >= 11 is 0. The molecule has 0 aromatic carbocycles. The fraction of sp³-hybridized carbons (Fsp3) is 0.455. The second kappa shape index (κ2) is 3.89. The number of aryl methyl sites for hydroxylation is 1. The van der Waals surface area contributed by atoms with Crippen molar-refractivity contribution in [1.29, 1.82) is 0 Å². The van der Waals surface area contributed by atoms with Gasteiger partial charge in [0.1, 0.15) is 5.65 Å². The third-order valence-electron chi connectivity index (χ3n) is 3.03. The van der Waals surface area contributed by atoms with Gasteiger partial charge in [0.25, 0.3) is 5.56 Å². The lowest BCUT2D eigenvalue weighted by Crippen LogP contribution is -2.38. The van der Waals surface area contributed by atoms with Crippen LogP contribution in [0.2, 0.25) is 0 Å². The molecule has 1 aliphatic rings. The molecule has 1 saturated heterocycles. The van der Waals surface area contributed by atoms with E-state index in [1.807, 2.05) is 22.7 Å². The Morgan fingerprint density at radius 1 is 1.41 bits per heavy atom. The first kappa shape index (κ1) is 10.3. The van der Waals surface area contributed by atoms with Gasteiger partial charge in [0, 0.05) is 26.3 Å². The molecule has 1 fully saturated rings. The van der Waals surface area contributed by atoms with Crippen LogP contribution in [0.5, 0.6) is 0 Å². The normalized spacial score (nSPS) is 16.6. The predicted octanol–water partition coefficient (Wildman–Crippen LogP) is 0.0982. The zero-order valence-electron chi connectivity index (χ0n) is 9.64. The number of ether oxygens (including phenoxy) is 1. The largest absolute Gasteiger partial charge is 0.378 e. The third-order valence-corrected chi connectivity index (χ3v) is 3.03.